The number of hydrogen-bond donors (Lipinski definition) is 1. The zero-order chi connectivity index (χ0) is 13.7. The smallest absolute Gasteiger partial charge is 0.341 e. The van der Waals surface area contributed by atoms with Crippen molar-refractivity contribution in [3.63, 3.8) is 0 Å². The summed E-state index contributed by atoms with van der Waals surface area (Å²) in [4.78, 5) is 23.3. The molecule has 1 aliphatic rings. The number of aryl methyl sites for hydroxylation is 1. The summed E-state index contributed by atoms with van der Waals surface area (Å²) in [6.45, 7) is 1.85. The van der Waals surface area contributed by atoms with Gasteiger partial charge in [-0.3, -0.25) is 9.20 Å². The molecule has 1 aliphatic carbocycles. The molecular formula is C14H12ClNO3. The summed E-state index contributed by atoms with van der Waals surface area (Å²) in [6.07, 6.45) is 3.60. The summed E-state index contributed by atoms with van der Waals surface area (Å²) >= 11 is 6.11. The van der Waals surface area contributed by atoms with Gasteiger partial charge in [0.25, 0.3) is 5.56 Å². The molecule has 1 fully saturated rings. The van der Waals surface area contributed by atoms with Gasteiger partial charge in [0.05, 0.1) is 5.52 Å². The zero-order valence-electron chi connectivity index (χ0n) is 10.3. The first kappa shape index (κ1) is 12.2. The summed E-state index contributed by atoms with van der Waals surface area (Å²) < 4.78 is 1.40. The van der Waals surface area contributed by atoms with Crippen molar-refractivity contribution in [2.45, 2.75) is 25.7 Å². The Morgan fingerprint density at radius 3 is 2.74 bits per heavy atom. The summed E-state index contributed by atoms with van der Waals surface area (Å²) in [7, 11) is 0. The van der Waals surface area contributed by atoms with Gasteiger partial charge >= 0.3 is 5.97 Å². The molecule has 0 spiro atoms. The predicted molar refractivity (Wildman–Crippen MR) is 72.3 cm³/mol. The molecule has 0 radical (unpaired) electrons. The third-order valence-electron chi connectivity index (χ3n) is 3.59. The van der Waals surface area contributed by atoms with Crippen LogP contribution >= 0.6 is 11.6 Å². The molecule has 2 aromatic rings. The molecule has 1 saturated carbocycles. The summed E-state index contributed by atoms with van der Waals surface area (Å²) in [6, 6.07) is 3.13. The topological polar surface area (TPSA) is 58.8 Å². The largest absolute Gasteiger partial charge is 0.477 e. The van der Waals surface area contributed by atoms with Gasteiger partial charge in [-0.15, -0.1) is 0 Å². The molecule has 0 atom stereocenters. The third kappa shape index (κ3) is 1.83. The molecular weight excluding hydrogens is 266 g/mol. The Morgan fingerprint density at radius 2 is 2.16 bits per heavy atom. The minimum atomic E-state index is -1.19. The molecule has 0 amide bonds. The fraction of sp³-hybridized carbons (Fsp3) is 0.286. The molecule has 4 nitrogen and oxygen atoms in total. The number of carbonyl (C=O) groups is 1. The van der Waals surface area contributed by atoms with E-state index in [-0.39, 0.29) is 5.56 Å². The predicted octanol–water partition coefficient (Wildman–Crippen LogP) is 2.84. The maximum atomic E-state index is 12.2. The van der Waals surface area contributed by atoms with Gasteiger partial charge in [-0.05, 0) is 48.9 Å². The van der Waals surface area contributed by atoms with Gasteiger partial charge in [-0.25, -0.2) is 4.79 Å². The van der Waals surface area contributed by atoms with E-state index in [4.69, 9.17) is 16.7 Å². The average molecular weight is 278 g/mol. The minimum Gasteiger partial charge on any atom is -0.477 e. The number of rotatable bonds is 2. The summed E-state index contributed by atoms with van der Waals surface area (Å²) in [5, 5.41) is 9.72. The standard InChI is InChI=1S/C14H12ClNO3/c1-7-11(15)4-5-16-12(7)9(8-2-3-8)6-10(13(16)17)14(18)19/h4-6,8H,2-3H2,1H3,(H,18,19). The number of halogens is 1. The van der Waals surface area contributed by atoms with Crippen LogP contribution in [0.1, 0.15) is 40.2 Å². The molecule has 0 aliphatic heterocycles. The van der Waals surface area contributed by atoms with Gasteiger partial charge in [-0.1, -0.05) is 11.6 Å². The zero-order valence-corrected chi connectivity index (χ0v) is 11.1. The first-order chi connectivity index (χ1) is 9.00. The molecule has 19 heavy (non-hydrogen) atoms. The van der Waals surface area contributed by atoms with Gasteiger partial charge in [-0.2, -0.15) is 0 Å². The van der Waals surface area contributed by atoms with E-state index in [1.165, 1.54) is 10.5 Å². The Bertz CT molecular complexity index is 759. The van der Waals surface area contributed by atoms with E-state index in [2.05, 4.69) is 0 Å². The Labute approximate surface area is 114 Å². The lowest BCUT2D eigenvalue weighted by molar-refractivity contribution is 0.0694. The van der Waals surface area contributed by atoms with E-state index in [0.29, 0.717) is 10.9 Å². The lowest BCUT2D eigenvalue weighted by Gasteiger charge is -2.12. The van der Waals surface area contributed by atoms with Crippen LogP contribution in [0.2, 0.25) is 5.02 Å². The molecule has 2 aromatic heterocycles. The van der Waals surface area contributed by atoms with E-state index in [0.717, 1.165) is 29.5 Å². The van der Waals surface area contributed by atoms with Gasteiger partial charge < -0.3 is 5.11 Å². The normalized spacial score (nSPS) is 14.8. The van der Waals surface area contributed by atoms with Crippen molar-refractivity contribution in [2.24, 2.45) is 0 Å². The fourth-order valence-corrected chi connectivity index (χ4v) is 2.58. The number of pyridine rings is 2. The molecule has 2 heterocycles. The first-order valence-electron chi connectivity index (χ1n) is 6.08. The highest BCUT2D eigenvalue weighted by Crippen LogP contribution is 2.43. The fourth-order valence-electron chi connectivity index (χ4n) is 2.43. The SMILES string of the molecule is Cc1c(Cl)ccn2c(=O)c(C(=O)O)cc(C3CC3)c12. The van der Waals surface area contributed by atoms with E-state index in [9.17, 15) is 9.59 Å². The van der Waals surface area contributed by atoms with Crippen LogP contribution in [0.3, 0.4) is 0 Å². The number of carboxylic acids is 1. The number of nitrogens with zero attached hydrogens (tertiary/aromatic N) is 1. The van der Waals surface area contributed by atoms with Gasteiger partial charge in [0.2, 0.25) is 0 Å². The van der Waals surface area contributed by atoms with Crippen LogP contribution in [0.15, 0.2) is 23.1 Å². The highest BCUT2D eigenvalue weighted by molar-refractivity contribution is 6.31. The Balaban J connectivity index is 2.49. The van der Waals surface area contributed by atoms with Crippen molar-refractivity contribution in [3.8, 4) is 0 Å². The van der Waals surface area contributed by atoms with Crippen LogP contribution in [0.5, 0.6) is 0 Å². The number of aromatic nitrogens is 1. The molecule has 5 heteroatoms. The van der Waals surface area contributed by atoms with Crippen molar-refractivity contribution < 1.29 is 9.90 Å². The number of fused-ring (bicyclic) bond motifs is 1. The van der Waals surface area contributed by atoms with Crippen molar-refractivity contribution >= 4 is 23.1 Å². The number of carboxylic acid groups (broad SMARTS) is 1. The number of aromatic carboxylic acids is 1. The van der Waals surface area contributed by atoms with E-state index in [1.807, 2.05) is 6.92 Å². The van der Waals surface area contributed by atoms with Crippen molar-refractivity contribution in [2.75, 3.05) is 0 Å². The van der Waals surface area contributed by atoms with Crippen LogP contribution in [0.25, 0.3) is 5.52 Å². The van der Waals surface area contributed by atoms with E-state index >= 15 is 0 Å². The summed E-state index contributed by atoms with van der Waals surface area (Å²) in [5.74, 6) is -0.847. The quantitative estimate of drug-likeness (QED) is 0.918. The van der Waals surface area contributed by atoms with Crippen molar-refractivity contribution in [1.29, 1.82) is 0 Å². The summed E-state index contributed by atoms with van der Waals surface area (Å²) in [5.41, 5.74) is 1.80. The maximum Gasteiger partial charge on any atom is 0.341 e. The molecule has 0 aromatic carbocycles. The second kappa shape index (κ2) is 4.10. The third-order valence-corrected chi connectivity index (χ3v) is 4.00. The van der Waals surface area contributed by atoms with Crippen LogP contribution in [0.4, 0.5) is 0 Å². The second-order valence-electron chi connectivity index (χ2n) is 4.91. The van der Waals surface area contributed by atoms with Gasteiger partial charge in [0.1, 0.15) is 5.56 Å². The van der Waals surface area contributed by atoms with Gasteiger partial charge in [0, 0.05) is 11.2 Å². The highest BCUT2D eigenvalue weighted by atomic mass is 35.5. The second-order valence-corrected chi connectivity index (χ2v) is 5.31. The van der Waals surface area contributed by atoms with Crippen LogP contribution in [-0.2, 0) is 0 Å². The Kier molecular flexibility index (Phi) is 2.64. The average Bonchev–Trinajstić information content (AvgIpc) is 3.18. The van der Waals surface area contributed by atoms with Crippen molar-refractivity contribution in [1.82, 2.24) is 4.40 Å². The van der Waals surface area contributed by atoms with Gasteiger partial charge in [0.15, 0.2) is 0 Å². The van der Waals surface area contributed by atoms with Crippen LogP contribution < -0.4 is 5.56 Å². The maximum absolute atomic E-state index is 12.2. The Hall–Kier alpha value is -1.81. The monoisotopic (exact) mass is 277 g/mol. The Morgan fingerprint density at radius 1 is 1.47 bits per heavy atom. The molecule has 1 N–H and O–H groups in total. The minimum absolute atomic E-state index is 0.180. The van der Waals surface area contributed by atoms with E-state index in [1.54, 1.807) is 12.3 Å². The first-order valence-corrected chi connectivity index (χ1v) is 6.46. The molecule has 0 unspecified atom stereocenters. The van der Waals surface area contributed by atoms with Crippen LogP contribution in [0, 0.1) is 6.92 Å². The van der Waals surface area contributed by atoms with E-state index < -0.39 is 11.5 Å². The lowest BCUT2D eigenvalue weighted by Crippen LogP contribution is -2.23. The highest BCUT2D eigenvalue weighted by Gasteiger charge is 2.29. The lowest BCUT2D eigenvalue weighted by atomic mass is 10.0. The molecule has 3 rings (SSSR count). The van der Waals surface area contributed by atoms with Crippen molar-refractivity contribution in [3.05, 3.63) is 50.4 Å². The van der Waals surface area contributed by atoms with Crippen LogP contribution in [-0.4, -0.2) is 15.5 Å². The molecule has 0 bridgehead atoms. The molecule has 0 saturated heterocycles. The number of hydrogen-bond acceptors (Lipinski definition) is 2. The molecule has 98 valence electrons.